The maximum absolute atomic E-state index is 9.59. The fraction of sp³-hybridized carbons (Fsp3) is 0.696. The van der Waals surface area contributed by atoms with E-state index in [9.17, 15) is 4.79 Å². The average molecular weight is 386 g/mol. The van der Waals surface area contributed by atoms with E-state index in [2.05, 4.69) is 56.7 Å². The zero-order chi connectivity index (χ0) is 20.6. The Morgan fingerprint density at radius 2 is 1.39 bits per heavy atom. The molecule has 1 saturated heterocycles. The molecule has 4 nitrogen and oxygen atoms in total. The van der Waals surface area contributed by atoms with Crippen LogP contribution in [0.1, 0.15) is 78.7 Å². The van der Waals surface area contributed by atoms with Gasteiger partial charge in [-0.05, 0) is 88.6 Å². The predicted molar refractivity (Wildman–Crippen MR) is 113 cm³/mol. The molecule has 2 bridgehead atoms. The molecule has 1 heterocycles. The SMILES string of the molecule is CC1(C)OB(c2ccc(C34CCC(CC3)CC4)cc2)OC1(C)C.COC(C)=O. The molecular weight excluding hydrogens is 351 g/mol. The van der Waals surface area contributed by atoms with Crippen LogP contribution in [0.25, 0.3) is 0 Å². The molecule has 5 rings (SSSR count). The van der Waals surface area contributed by atoms with Crippen LogP contribution in [0.2, 0.25) is 0 Å². The summed E-state index contributed by atoms with van der Waals surface area (Å²) in [5.74, 6) is 0.769. The first kappa shape index (κ1) is 21.4. The quantitative estimate of drug-likeness (QED) is 0.559. The van der Waals surface area contributed by atoms with Crippen LogP contribution in [-0.2, 0) is 24.3 Å². The molecule has 0 atom stereocenters. The van der Waals surface area contributed by atoms with Crippen molar-refractivity contribution in [3.8, 4) is 0 Å². The summed E-state index contributed by atoms with van der Waals surface area (Å²) in [7, 11) is 1.11. The van der Waals surface area contributed by atoms with Gasteiger partial charge < -0.3 is 14.0 Å². The highest BCUT2D eigenvalue weighted by atomic mass is 16.7. The molecule has 0 N–H and O–H groups in total. The fourth-order valence-electron chi connectivity index (χ4n) is 4.66. The monoisotopic (exact) mass is 386 g/mol. The van der Waals surface area contributed by atoms with Crippen molar-refractivity contribution in [3.63, 3.8) is 0 Å². The molecular formula is C23H35BO4. The Hall–Kier alpha value is -1.33. The van der Waals surface area contributed by atoms with Crippen molar-refractivity contribution in [2.45, 2.75) is 89.8 Å². The van der Waals surface area contributed by atoms with Crippen LogP contribution in [0, 0.1) is 5.92 Å². The molecule has 5 heteroatoms. The predicted octanol–water partition coefficient (Wildman–Crippen LogP) is 4.39. The summed E-state index contributed by atoms with van der Waals surface area (Å²) in [6.45, 7) is 9.81. The van der Waals surface area contributed by atoms with E-state index in [0.717, 1.165) is 11.4 Å². The summed E-state index contributed by atoms with van der Waals surface area (Å²) in [6, 6.07) is 9.14. The lowest BCUT2D eigenvalue weighted by molar-refractivity contribution is -0.137. The Kier molecular flexibility index (Phi) is 5.98. The van der Waals surface area contributed by atoms with Crippen molar-refractivity contribution in [2.75, 3.05) is 7.11 Å². The number of hydrogen-bond acceptors (Lipinski definition) is 4. The van der Waals surface area contributed by atoms with Crippen LogP contribution < -0.4 is 5.46 Å². The van der Waals surface area contributed by atoms with Crippen molar-refractivity contribution >= 4 is 18.6 Å². The van der Waals surface area contributed by atoms with Gasteiger partial charge in [-0.25, -0.2) is 0 Å². The first-order valence-corrected chi connectivity index (χ1v) is 10.6. The minimum absolute atomic E-state index is 0.242. The lowest BCUT2D eigenvalue weighted by Gasteiger charge is -2.47. The summed E-state index contributed by atoms with van der Waals surface area (Å²) in [4.78, 5) is 9.59. The number of fused-ring (bicyclic) bond motifs is 3. The lowest BCUT2D eigenvalue weighted by Crippen LogP contribution is -2.41. The first-order chi connectivity index (χ1) is 13.1. The normalized spacial score (nSPS) is 29.8. The third-order valence-corrected chi connectivity index (χ3v) is 7.43. The number of carbonyl (C=O) groups excluding carboxylic acids is 1. The highest BCUT2D eigenvalue weighted by Crippen LogP contribution is 2.51. The van der Waals surface area contributed by atoms with E-state index in [1.165, 1.54) is 58.1 Å². The second kappa shape index (κ2) is 7.83. The van der Waals surface area contributed by atoms with Gasteiger partial charge in [0.15, 0.2) is 0 Å². The Bertz CT molecular complexity index is 657. The van der Waals surface area contributed by atoms with Gasteiger partial charge in [-0.3, -0.25) is 4.79 Å². The summed E-state index contributed by atoms with van der Waals surface area (Å²) in [5, 5.41) is 0. The third-order valence-electron chi connectivity index (χ3n) is 7.43. The second-order valence-electron chi connectivity index (χ2n) is 9.67. The van der Waals surface area contributed by atoms with E-state index in [-0.39, 0.29) is 24.3 Å². The molecule has 0 amide bonds. The van der Waals surface area contributed by atoms with Gasteiger partial charge in [0.2, 0.25) is 0 Å². The Morgan fingerprint density at radius 1 is 0.964 bits per heavy atom. The Balaban J connectivity index is 0.000000403. The van der Waals surface area contributed by atoms with Crippen LogP contribution in [0.4, 0.5) is 0 Å². The molecule has 0 aromatic heterocycles. The van der Waals surface area contributed by atoms with E-state index in [1.807, 2.05) is 0 Å². The van der Waals surface area contributed by atoms with Crippen LogP contribution >= 0.6 is 0 Å². The van der Waals surface area contributed by atoms with Crippen molar-refractivity contribution in [2.24, 2.45) is 5.92 Å². The van der Waals surface area contributed by atoms with Crippen LogP contribution in [-0.4, -0.2) is 31.4 Å². The van der Waals surface area contributed by atoms with E-state index in [0.29, 0.717) is 5.41 Å². The van der Waals surface area contributed by atoms with Crippen molar-refractivity contribution in [3.05, 3.63) is 29.8 Å². The summed E-state index contributed by atoms with van der Waals surface area (Å²) in [6.07, 6.45) is 8.44. The van der Waals surface area contributed by atoms with Gasteiger partial charge in [0.25, 0.3) is 0 Å². The minimum Gasteiger partial charge on any atom is -0.469 e. The smallest absolute Gasteiger partial charge is 0.469 e. The second-order valence-corrected chi connectivity index (χ2v) is 9.67. The molecule has 154 valence electrons. The number of carbonyl (C=O) groups is 1. The molecule has 0 unspecified atom stereocenters. The van der Waals surface area contributed by atoms with Crippen LogP contribution in [0.15, 0.2) is 24.3 Å². The van der Waals surface area contributed by atoms with Crippen molar-refractivity contribution in [1.29, 1.82) is 0 Å². The minimum atomic E-state index is -0.267. The molecule has 3 aliphatic carbocycles. The van der Waals surface area contributed by atoms with E-state index < -0.39 is 0 Å². The highest BCUT2D eigenvalue weighted by molar-refractivity contribution is 6.62. The maximum Gasteiger partial charge on any atom is 0.494 e. The molecule has 1 aromatic rings. The van der Waals surface area contributed by atoms with Gasteiger partial charge >= 0.3 is 13.1 Å². The zero-order valence-electron chi connectivity index (χ0n) is 18.3. The third kappa shape index (κ3) is 4.16. The summed E-state index contributed by atoms with van der Waals surface area (Å²) >= 11 is 0. The number of hydrogen-bond donors (Lipinski definition) is 0. The van der Waals surface area contributed by atoms with Gasteiger partial charge in [-0.2, -0.15) is 0 Å². The number of esters is 1. The number of rotatable bonds is 2. The van der Waals surface area contributed by atoms with E-state index in [4.69, 9.17) is 9.31 Å². The molecule has 3 saturated carbocycles. The van der Waals surface area contributed by atoms with Crippen LogP contribution in [0.5, 0.6) is 0 Å². The molecule has 0 radical (unpaired) electrons. The van der Waals surface area contributed by atoms with Gasteiger partial charge in [0.1, 0.15) is 0 Å². The number of benzene rings is 1. The molecule has 1 aromatic carbocycles. The molecule has 4 fully saturated rings. The largest absolute Gasteiger partial charge is 0.494 e. The molecule has 1 aliphatic heterocycles. The Morgan fingerprint density at radius 3 is 1.79 bits per heavy atom. The lowest BCUT2D eigenvalue weighted by atomic mass is 9.58. The van der Waals surface area contributed by atoms with Gasteiger partial charge in [0.05, 0.1) is 18.3 Å². The number of methoxy groups -OCH3 is 1. The zero-order valence-corrected chi connectivity index (χ0v) is 18.3. The molecule has 4 aliphatic rings. The van der Waals surface area contributed by atoms with Crippen molar-refractivity contribution < 1.29 is 18.8 Å². The summed E-state index contributed by atoms with van der Waals surface area (Å²) < 4.78 is 16.5. The fourth-order valence-corrected chi connectivity index (χ4v) is 4.66. The Labute approximate surface area is 170 Å². The topological polar surface area (TPSA) is 44.8 Å². The van der Waals surface area contributed by atoms with Gasteiger partial charge in [-0.15, -0.1) is 0 Å². The van der Waals surface area contributed by atoms with Gasteiger partial charge in [0, 0.05) is 6.92 Å². The van der Waals surface area contributed by atoms with E-state index >= 15 is 0 Å². The van der Waals surface area contributed by atoms with Gasteiger partial charge in [-0.1, -0.05) is 24.3 Å². The number of ether oxygens (including phenoxy) is 1. The average Bonchev–Trinajstić information content (AvgIpc) is 2.91. The first-order valence-electron chi connectivity index (χ1n) is 10.6. The molecule has 0 spiro atoms. The van der Waals surface area contributed by atoms with Crippen LogP contribution in [0.3, 0.4) is 0 Å². The van der Waals surface area contributed by atoms with Crippen molar-refractivity contribution in [1.82, 2.24) is 0 Å². The summed E-state index contributed by atoms with van der Waals surface area (Å²) in [5.41, 5.74) is 2.61. The maximum atomic E-state index is 9.59. The van der Waals surface area contributed by atoms with E-state index in [1.54, 1.807) is 0 Å². The highest BCUT2D eigenvalue weighted by Gasteiger charge is 2.51. The standard InChI is InChI=1S/C20H29BO2.C3H6O2/c1-18(2)19(3,4)23-21(22-18)17-7-5-16(6-8-17)20-12-9-15(10-13-20)11-14-20;1-3(4)5-2/h5-8,15H,9-14H2,1-4H3;1-2H3. The molecule has 28 heavy (non-hydrogen) atoms.